The van der Waals surface area contributed by atoms with Crippen molar-refractivity contribution in [3.05, 3.63) is 53.3 Å². The summed E-state index contributed by atoms with van der Waals surface area (Å²) in [4.78, 5) is 14.0. The molecule has 1 amide bonds. The Bertz CT molecular complexity index is 709. The van der Waals surface area contributed by atoms with Crippen molar-refractivity contribution in [2.45, 2.75) is 38.4 Å². The Morgan fingerprint density at radius 1 is 1.30 bits per heavy atom. The molecule has 120 valence electrons. The molecule has 4 rings (SSSR count). The van der Waals surface area contributed by atoms with E-state index in [1.165, 1.54) is 11.1 Å². The number of hydrogen-bond acceptors (Lipinski definition) is 3. The van der Waals surface area contributed by atoms with Gasteiger partial charge in [-0.1, -0.05) is 30.3 Å². The molecule has 2 fully saturated rings. The Balaban J connectivity index is 1.58. The van der Waals surface area contributed by atoms with Crippen molar-refractivity contribution in [2.75, 3.05) is 13.1 Å². The van der Waals surface area contributed by atoms with Crippen LogP contribution in [-0.2, 0) is 11.3 Å². The maximum absolute atomic E-state index is 12.0. The van der Waals surface area contributed by atoms with Crippen LogP contribution in [0.1, 0.15) is 35.7 Å². The van der Waals surface area contributed by atoms with Gasteiger partial charge in [0.15, 0.2) is 0 Å². The molecule has 0 saturated carbocycles. The second-order valence-electron chi connectivity index (χ2n) is 6.48. The van der Waals surface area contributed by atoms with Gasteiger partial charge in [0.05, 0.1) is 24.3 Å². The zero-order valence-corrected chi connectivity index (χ0v) is 13.4. The summed E-state index contributed by atoms with van der Waals surface area (Å²) >= 11 is 0. The molecule has 2 aliphatic heterocycles. The lowest BCUT2D eigenvalue weighted by molar-refractivity contribution is -0.130. The SMILES string of the molecule is Cc1nn(Cc2ccccc2)cc1C1NCCN2C(=O)CCC12. The Hall–Kier alpha value is -2.14. The number of piperazine rings is 1. The van der Waals surface area contributed by atoms with Crippen molar-refractivity contribution in [1.29, 1.82) is 0 Å². The van der Waals surface area contributed by atoms with E-state index in [-0.39, 0.29) is 12.1 Å². The zero-order chi connectivity index (χ0) is 15.8. The van der Waals surface area contributed by atoms with Crippen molar-refractivity contribution < 1.29 is 4.79 Å². The molecule has 5 nitrogen and oxygen atoms in total. The third kappa shape index (κ3) is 2.65. The van der Waals surface area contributed by atoms with Gasteiger partial charge in [0, 0.05) is 31.3 Å². The van der Waals surface area contributed by atoms with Crippen molar-refractivity contribution in [3.8, 4) is 0 Å². The molecule has 1 N–H and O–H groups in total. The highest BCUT2D eigenvalue weighted by Gasteiger charge is 2.40. The maximum atomic E-state index is 12.0. The van der Waals surface area contributed by atoms with E-state index in [0.29, 0.717) is 12.3 Å². The predicted octanol–water partition coefficient (Wildman–Crippen LogP) is 1.88. The fourth-order valence-corrected chi connectivity index (χ4v) is 3.88. The van der Waals surface area contributed by atoms with Crippen LogP contribution in [0, 0.1) is 6.92 Å². The van der Waals surface area contributed by atoms with Gasteiger partial charge in [0.25, 0.3) is 0 Å². The number of aromatic nitrogens is 2. The van der Waals surface area contributed by atoms with Crippen LogP contribution in [0.15, 0.2) is 36.5 Å². The Morgan fingerprint density at radius 2 is 2.13 bits per heavy atom. The predicted molar refractivity (Wildman–Crippen MR) is 88.0 cm³/mol. The quantitative estimate of drug-likeness (QED) is 0.941. The van der Waals surface area contributed by atoms with Gasteiger partial charge in [0.1, 0.15) is 0 Å². The van der Waals surface area contributed by atoms with Crippen molar-refractivity contribution in [3.63, 3.8) is 0 Å². The smallest absolute Gasteiger partial charge is 0.223 e. The lowest BCUT2D eigenvalue weighted by Gasteiger charge is -2.37. The second-order valence-corrected chi connectivity index (χ2v) is 6.48. The molecular formula is C18H22N4O. The highest BCUT2D eigenvalue weighted by Crippen LogP contribution is 2.33. The second kappa shape index (κ2) is 5.81. The molecule has 2 unspecified atom stereocenters. The van der Waals surface area contributed by atoms with Crippen LogP contribution in [0.5, 0.6) is 0 Å². The van der Waals surface area contributed by atoms with Crippen LogP contribution in [0.2, 0.25) is 0 Å². The number of rotatable bonds is 3. The number of benzene rings is 1. The van der Waals surface area contributed by atoms with Crippen LogP contribution < -0.4 is 5.32 Å². The van der Waals surface area contributed by atoms with Crippen LogP contribution in [0.4, 0.5) is 0 Å². The van der Waals surface area contributed by atoms with E-state index in [1.54, 1.807) is 0 Å². The number of nitrogens with one attached hydrogen (secondary N) is 1. The van der Waals surface area contributed by atoms with Gasteiger partial charge in [-0.2, -0.15) is 5.10 Å². The highest BCUT2D eigenvalue weighted by molar-refractivity contribution is 5.79. The van der Waals surface area contributed by atoms with Gasteiger partial charge in [-0.25, -0.2) is 0 Å². The minimum atomic E-state index is 0.208. The molecule has 0 bridgehead atoms. The highest BCUT2D eigenvalue weighted by atomic mass is 16.2. The normalized spacial score (nSPS) is 24.0. The third-order valence-electron chi connectivity index (χ3n) is 4.98. The van der Waals surface area contributed by atoms with Gasteiger partial charge in [-0.3, -0.25) is 9.48 Å². The molecule has 2 saturated heterocycles. The molecule has 0 aliphatic carbocycles. The fraction of sp³-hybridized carbons (Fsp3) is 0.444. The fourth-order valence-electron chi connectivity index (χ4n) is 3.88. The zero-order valence-electron chi connectivity index (χ0n) is 13.4. The molecule has 5 heteroatoms. The summed E-state index contributed by atoms with van der Waals surface area (Å²) in [6.07, 6.45) is 3.77. The summed E-state index contributed by atoms with van der Waals surface area (Å²) in [6, 6.07) is 10.9. The number of aryl methyl sites for hydroxylation is 1. The van der Waals surface area contributed by atoms with E-state index in [0.717, 1.165) is 31.7 Å². The Morgan fingerprint density at radius 3 is 2.96 bits per heavy atom. The number of hydrogen-bond donors (Lipinski definition) is 1. The number of fused-ring (bicyclic) bond motifs is 1. The summed E-state index contributed by atoms with van der Waals surface area (Å²) in [7, 11) is 0. The summed E-state index contributed by atoms with van der Waals surface area (Å²) in [6.45, 7) is 4.53. The van der Waals surface area contributed by atoms with E-state index < -0.39 is 0 Å². The van der Waals surface area contributed by atoms with Crippen LogP contribution in [0.25, 0.3) is 0 Å². The van der Waals surface area contributed by atoms with Crippen molar-refractivity contribution >= 4 is 5.91 Å². The Labute approximate surface area is 136 Å². The topological polar surface area (TPSA) is 50.2 Å². The van der Waals surface area contributed by atoms with Gasteiger partial charge >= 0.3 is 0 Å². The van der Waals surface area contributed by atoms with Gasteiger partial charge < -0.3 is 10.2 Å². The minimum Gasteiger partial charge on any atom is -0.337 e. The molecular weight excluding hydrogens is 288 g/mol. The average Bonchev–Trinajstić information content (AvgIpc) is 3.12. The monoisotopic (exact) mass is 310 g/mol. The van der Waals surface area contributed by atoms with Gasteiger partial charge in [-0.05, 0) is 18.9 Å². The first-order chi connectivity index (χ1) is 11.2. The molecule has 0 radical (unpaired) electrons. The molecule has 3 heterocycles. The van der Waals surface area contributed by atoms with E-state index in [2.05, 4.69) is 52.7 Å². The molecule has 0 spiro atoms. The molecule has 1 aromatic carbocycles. The van der Waals surface area contributed by atoms with E-state index in [4.69, 9.17) is 0 Å². The average molecular weight is 310 g/mol. The van der Waals surface area contributed by atoms with E-state index >= 15 is 0 Å². The number of carbonyl (C=O) groups is 1. The van der Waals surface area contributed by atoms with Gasteiger partial charge in [-0.15, -0.1) is 0 Å². The molecule has 1 aromatic heterocycles. The summed E-state index contributed by atoms with van der Waals surface area (Å²) in [5, 5.41) is 8.29. The standard InChI is InChI=1S/C18H22N4O/c1-13-15(12-21(20-13)11-14-5-3-2-4-6-14)18-16-7-8-17(23)22(16)10-9-19-18/h2-6,12,16,18-19H,7-11H2,1H3. The van der Waals surface area contributed by atoms with Gasteiger partial charge in [0.2, 0.25) is 5.91 Å². The third-order valence-corrected chi connectivity index (χ3v) is 4.98. The van der Waals surface area contributed by atoms with Crippen molar-refractivity contribution in [1.82, 2.24) is 20.0 Å². The molecule has 23 heavy (non-hydrogen) atoms. The molecule has 2 aliphatic rings. The van der Waals surface area contributed by atoms with E-state index in [1.807, 2.05) is 10.7 Å². The van der Waals surface area contributed by atoms with E-state index in [9.17, 15) is 4.79 Å². The number of nitrogens with zero attached hydrogens (tertiary/aromatic N) is 3. The van der Waals surface area contributed by atoms with Crippen LogP contribution in [0.3, 0.4) is 0 Å². The summed E-state index contributed by atoms with van der Waals surface area (Å²) in [5.74, 6) is 0.302. The summed E-state index contributed by atoms with van der Waals surface area (Å²) < 4.78 is 2.01. The van der Waals surface area contributed by atoms with Crippen LogP contribution >= 0.6 is 0 Å². The Kier molecular flexibility index (Phi) is 3.65. The van der Waals surface area contributed by atoms with Crippen molar-refractivity contribution in [2.24, 2.45) is 0 Å². The minimum absolute atomic E-state index is 0.208. The largest absolute Gasteiger partial charge is 0.337 e. The first kappa shape index (κ1) is 14.5. The first-order valence-corrected chi connectivity index (χ1v) is 8.33. The first-order valence-electron chi connectivity index (χ1n) is 8.33. The lowest BCUT2D eigenvalue weighted by Crippen LogP contribution is -2.51. The number of amides is 1. The summed E-state index contributed by atoms with van der Waals surface area (Å²) in [5.41, 5.74) is 3.53. The maximum Gasteiger partial charge on any atom is 0.223 e. The molecule has 2 aromatic rings. The number of carbonyl (C=O) groups excluding carboxylic acids is 1. The van der Waals surface area contributed by atoms with Crippen LogP contribution in [-0.4, -0.2) is 39.7 Å². The molecule has 2 atom stereocenters. The lowest BCUT2D eigenvalue weighted by atomic mass is 9.96.